The summed E-state index contributed by atoms with van der Waals surface area (Å²) >= 11 is 0. The van der Waals surface area contributed by atoms with Gasteiger partial charge >= 0.3 is 0 Å². The Kier molecular flexibility index (Phi) is 5.66. The number of halogens is 1. The molecule has 0 aromatic heterocycles. The van der Waals surface area contributed by atoms with Crippen LogP contribution in [0.15, 0.2) is 18.2 Å². The Labute approximate surface area is 66.1 Å². The van der Waals surface area contributed by atoms with Crippen molar-refractivity contribution >= 4 is 13.3 Å². The molecule has 2 nitrogen and oxygen atoms in total. The highest BCUT2D eigenvalue weighted by atomic mass is 19.1. The normalized spacial score (nSPS) is 7.82. The first kappa shape index (κ1) is 12.8. The second kappa shape index (κ2) is 4.88. The highest BCUT2D eigenvalue weighted by Crippen LogP contribution is 1.97. The van der Waals surface area contributed by atoms with Crippen molar-refractivity contribution in [3.05, 3.63) is 29.6 Å². The van der Waals surface area contributed by atoms with Crippen molar-refractivity contribution in [2.45, 2.75) is 6.92 Å². The molecule has 0 aliphatic carbocycles. The monoisotopic (exact) mass is 158 g/mol. The Hall–Kier alpha value is -0.865. The Bertz CT molecular complexity index is 228. The maximum atomic E-state index is 12.3. The third-order valence-corrected chi connectivity index (χ3v) is 1.47. The molecular formula is C7H12BFO2. The summed E-state index contributed by atoms with van der Waals surface area (Å²) in [6.45, 7) is 1.90. The van der Waals surface area contributed by atoms with Crippen LogP contribution < -0.4 is 5.46 Å². The molecule has 1 aromatic carbocycles. The van der Waals surface area contributed by atoms with Gasteiger partial charge in [0, 0.05) is 0 Å². The third-order valence-electron chi connectivity index (χ3n) is 1.47. The quantitative estimate of drug-likeness (QED) is 0.423. The van der Waals surface area contributed by atoms with E-state index in [-0.39, 0.29) is 16.8 Å². The minimum atomic E-state index is -0.155. The van der Waals surface area contributed by atoms with Crippen molar-refractivity contribution in [2.24, 2.45) is 0 Å². The summed E-state index contributed by atoms with van der Waals surface area (Å²) in [6.07, 6.45) is 0. The van der Waals surface area contributed by atoms with Gasteiger partial charge in [0.1, 0.15) is 13.7 Å². The summed E-state index contributed by atoms with van der Waals surface area (Å²) in [4.78, 5) is 0. The first-order chi connectivity index (χ1) is 4.20. The molecule has 1 aromatic rings. The average molecular weight is 158 g/mol. The Morgan fingerprint density at radius 2 is 1.82 bits per heavy atom. The van der Waals surface area contributed by atoms with Crippen LogP contribution in [0.3, 0.4) is 0 Å². The predicted octanol–water partition coefficient (Wildman–Crippen LogP) is -1.26. The lowest BCUT2D eigenvalue weighted by atomic mass is 9.91. The van der Waals surface area contributed by atoms with E-state index in [9.17, 15) is 4.39 Å². The van der Waals surface area contributed by atoms with E-state index in [2.05, 4.69) is 0 Å². The summed E-state index contributed by atoms with van der Waals surface area (Å²) in [5.74, 6) is -0.155. The van der Waals surface area contributed by atoms with E-state index < -0.39 is 0 Å². The van der Waals surface area contributed by atoms with E-state index in [0.717, 1.165) is 11.0 Å². The molecule has 0 atom stereocenters. The first-order valence-electron chi connectivity index (χ1n) is 2.93. The molecule has 0 unspecified atom stereocenters. The molecule has 4 N–H and O–H groups in total. The number of hydrogen-bond acceptors (Lipinski definition) is 0. The van der Waals surface area contributed by atoms with Gasteiger partial charge in [-0.05, 0) is 19.1 Å². The molecule has 0 radical (unpaired) electrons. The van der Waals surface area contributed by atoms with Crippen LogP contribution in [-0.4, -0.2) is 18.8 Å². The molecule has 11 heavy (non-hydrogen) atoms. The second-order valence-electron chi connectivity index (χ2n) is 2.23. The van der Waals surface area contributed by atoms with Crippen LogP contribution in [0.1, 0.15) is 5.56 Å². The lowest BCUT2D eigenvalue weighted by Crippen LogP contribution is -2.05. The maximum absolute atomic E-state index is 12.3. The molecule has 0 saturated heterocycles. The summed E-state index contributed by atoms with van der Waals surface area (Å²) in [5, 5.41) is 0. The van der Waals surface area contributed by atoms with Crippen molar-refractivity contribution in [1.29, 1.82) is 0 Å². The van der Waals surface area contributed by atoms with E-state index >= 15 is 0 Å². The lowest BCUT2D eigenvalue weighted by Gasteiger charge is -1.96. The largest absolute Gasteiger partial charge is 0.412 e. The summed E-state index contributed by atoms with van der Waals surface area (Å²) in [5.41, 5.74) is 2.14. The number of hydrogen-bond donors (Lipinski definition) is 0. The number of rotatable bonds is 0. The predicted molar refractivity (Wildman–Crippen MR) is 46.5 cm³/mol. The molecule has 0 amide bonds. The van der Waals surface area contributed by atoms with Gasteiger partial charge in [-0.15, -0.1) is 0 Å². The van der Waals surface area contributed by atoms with Crippen molar-refractivity contribution in [2.75, 3.05) is 0 Å². The molecule has 4 heteroatoms. The Morgan fingerprint density at radius 3 is 2.18 bits per heavy atom. The zero-order valence-corrected chi connectivity index (χ0v) is 6.61. The topological polar surface area (TPSA) is 63.0 Å². The molecule has 0 spiro atoms. The van der Waals surface area contributed by atoms with Crippen LogP contribution in [-0.2, 0) is 0 Å². The zero-order valence-electron chi connectivity index (χ0n) is 6.61. The van der Waals surface area contributed by atoms with Crippen LogP contribution in [0.25, 0.3) is 0 Å². The molecule has 0 saturated carbocycles. The van der Waals surface area contributed by atoms with Gasteiger partial charge in [-0.2, -0.15) is 0 Å². The van der Waals surface area contributed by atoms with Gasteiger partial charge in [0.25, 0.3) is 0 Å². The Morgan fingerprint density at radius 1 is 1.27 bits per heavy atom. The Balaban J connectivity index is 0. The molecule has 0 aliphatic rings. The molecular weight excluding hydrogens is 146 g/mol. The van der Waals surface area contributed by atoms with Crippen molar-refractivity contribution in [3.63, 3.8) is 0 Å². The summed E-state index contributed by atoms with van der Waals surface area (Å²) < 4.78 is 12.3. The fraction of sp³-hybridized carbons (Fsp3) is 0.143. The molecule has 0 heterocycles. The maximum Gasteiger partial charge on any atom is 0.139 e. The SMILES string of the molecule is Bc1ccc(F)cc1C.O.O. The van der Waals surface area contributed by atoms with Crippen molar-refractivity contribution < 1.29 is 15.3 Å². The first-order valence-corrected chi connectivity index (χ1v) is 2.93. The van der Waals surface area contributed by atoms with Crippen LogP contribution in [0.4, 0.5) is 4.39 Å². The molecule has 0 bridgehead atoms. The zero-order chi connectivity index (χ0) is 6.85. The van der Waals surface area contributed by atoms with Gasteiger partial charge < -0.3 is 11.0 Å². The van der Waals surface area contributed by atoms with Gasteiger partial charge in [0.15, 0.2) is 0 Å². The molecule has 1 rings (SSSR count). The van der Waals surface area contributed by atoms with Crippen LogP contribution >= 0.6 is 0 Å². The van der Waals surface area contributed by atoms with Gasteiger partial charge in [0.2, 0.25) is 0 Å². The van der Waals surface area contributed by atoms with Gasteiger partial charge in [-0.3, -0.25) is 0 Å². The summed E-state index contributed by atoms with van der Waals surface area (Å²) in [6, 6.07) is 4.79. The van der Waals surface area contributed by atoms with Gasteiger partial charge in [-0.1, -0.05) is 17.1 Å². The highest BCUT2D eigenvalue weighted by molar-refractivity contribution is 6.33. The minimum Gasteiger partial charge on any atom is -0.412 e. The van der Waals surface area contributed by atoms with E-state index in [0.29, 0.717) is 0 Å². The average Bonchev–Trinajstić information content (AvgIpc) is 1.80. The van der Waals surface area contributed by atoms with E-state index in [4.69, 9.17) is 0 Å². The van der Waals surface area contributed by atoms with Crippen molar-refractivity contribution in [1.82, 2.24) is 0 Å². The number of aryl methyl sites for hydroxylation is 1. The molecule has 0 aliphatic heterocycles. The molecule has 62 valence electrons. The smallest absolute Gasteiger partial charge is 0.139 e. The number of benzene rings is 1. The van der Waals surface area contributed by atoms with Crippen LogP contribution in [0.5, 0.6) is 0 Å². The fourth-order valence-electron chi connectivity index (χ4n) is 0.705. The third kappa shape index (κ3) is 3.16. The van der Waals surface area contributed by atoms with E-state index in [1.807, 2.05) is 14.8 Å². The van der Waals surface area contributed by atoms with Crippen LogP contribution in [0.2, 0.25) is 0 Å². The summed E-state index contributed by atoms with van der Waals surface area (Å²) in [7, 11) is 1.97. The van der Waals surface area contributed by atoms with Gasteiger partial charge in [-0.25, -0.2) is 4.39 Å². The van der Waals surface area contributed by atoms with Gasteiger partial charge in [0.05, 0.1) is 0 Å². The fourth-order valence-corrected chi connectivity index (χ4v) is 0.705. The highest BCUT2D eigenvalue weighted by Gasteiger charge is 1.91. The second-order valence-corrected chi connectivity index (χ2v) is 2.23. The van der Waals surface area contributed by atoms with E-state index in [1.54, 1.807) is 6.07 Å². The van der Waals surface area contributed by atoms with E-state index in [1.165, 1.54) is 12.1 Å². The lowest BCUT2D eigenvalue weighted by molar-refractivity contribution is 0.627. The standard InChI is InChI=1S/C7H8BF.2H2O/c1-5-4-6(9)2-3-7(5)8;;/h2-4H,8H2,1H3;2*1H2. The van der Waals surface area contributed by atoms with Crippen molar-refractivity contribution in [3.8, 4) is 0 Å². The van der Waals surface area contributed by atoms with Crippen LogP contribution in [0, 0.1) is 12.7 Å². The minimum absolute atomic E-state index is 0. The molecule has 0 fully saturated rings.